The Morgan fingerprint density at radius 3 is 2.50 bits per heavy atom. The Balaban J connectivity index is 1.53. The number of hydrogen-bond donors (Lipinski definition) is 1. The van der Waals surface area contributed by atoms with E-state index in [4.69, 9.17) is 4.74 Å². The zero-order valence-corrected chi connectivity index (χ0v) is 16.8. The molecule has 0 aliphatic carbocycles. The van der Waals surface area contributed by atoms with Crippen molar-refractivity contribution in [2.45, 2.75) is 23.1 Å². The average Bonchev–Trinajstić information content (AvgIpc) is 3.04. The van der Waals surface area contributed by atoms with Gasteiger partial charge in [-0.1, -0.05) is 42.5 Å². The molecule has 2 aromatic carbocycles. The quantitative estimate of drug-likeness (QED) is 0.694. The van der Waals surface area contributed by atoms with Gasteiger partial charge in [0, 0.05) is 16.7 Å². The molecule has 0 saturated carbocycles. The molecule has 1 amide bonds. The lowest BCUT2D eigenvalue weighted by Gasteiger charge is -2.12. The van der Waals surface area contributed by atoms with E-state index in [2.05, 4.69) is 5.32 Å². The summed E-state index contributed by atoms with van der Waals surface area (Å²) in [6.07, 6.45) is 0.568. The fourth-order valence-corrected chi connectivity index (χ4v) is 6.44. The Hall–Kier alpha value is -2.32. The zero-order chi connectivity index (χ0) is 20.0. The van der Waals surface area contributed by atoms with Gasteiger partial charge in [0.05, 0.1) is 17.1 Å². The molecule has 3 rings (SSSR count). The number of thioether (sulfide) groups is 1. The average molecular weight is 420 g/mol. The second kappa shape index (κ2) is 9.25. The highest BCUT2D eigenvalue weighted by molar-refractivity contribution is 8.02. The van der Waals surface area contributed by atoms with Crippen LogP contribution < -0.4 is 5.32 Å². The number of amides is 1. The van der Waals surface area contributed by atoms with Gasteiger partial charge in [-0.3, -0.25) is 4.79 Å². The van der Waals surface area contributed by atoms with Gasteiger partial charge in [0.25, 0.3) is 5.91 Å². The summed E-state index contributed by atoms with van der Waals surface area (Å²) < 4.78 is 28.4. The molecule has 0 aromatic heterocycles. The van der Waals surface area contributed by atoms with Crippen LogP contribution in [0.4, 0.5) is 0 Å². The number of rotatable bonds is 7. The maximum absolute atomic E-state index is 12.4. The third kappa shape index (κ3) is 5.84. The molecular formula is C20H21NO5S2. The summed E-state index contributed by atoms with van der Waals surface area (Å²) in [5.74, 6) is -0.690. The number of hydrogen-bond acceptors (Lipinski definition) is 6. The molecule has 2 aromatic rings. The van der Waals surface area contributed by atoms with Crippen molar-refractivity contribution in [1.29, 1.82) is 0 Å². The van der Waals surface area contributed by atoms with Gasteiger partial charge in [0.2, 0.25) is 0 Å². The minimum Gasteiger partial charge on any atom is -0.452 e. The summed E-state index contributed by atoms with van der Waals surface area (Å²) in [5, 5.41) is 2.62. The molecule has 1 fully saturated rings. The van der Waals surface area contributed by atoms with Crippen LogP contribution in [-0.2, 0) is 25.9 Å². The molecule has 8 heteroatoms. The Kier molecular flexibility index (Phi) is 6.74. The molecule has 1 heterocycles. The molecule has 1 N–H and O–H groups in total. The van der Waals surface area contributed by atoms with Crippen molar-refractivity contribution in [2.24, 2.45) is 0 Å². The topological polar surface area (TPSA) is 89.5 Å². The smallest absolute Gasteiger partial charge is 0.339 e. The van der Waals surface area contributed by atoms with Gasteiger partial charge >= 0.3 is 5.97 Å². The van der Waals surface area contributed by atoms with Crippen LogP contribution >= 0.6 is 11.8 Å². The van der Waals surface area contributed by atoms with E-state index in [1.165, 1.54) is 11.8 Å². The van der Waals surface area contributed by atoms with Crippen LogP contribution in [0.3, 0.4) is 0 Å². The largest absolute Gasteiger partial charge is 0.452 e. The van der Waals surface area contributed by atoms with Gasteiger partial charge in [-0.25, -0.2) is 13.2 Å². The SMILES string of the molecule is O=C(COC(=O)c1ccccc1S[C@H]1CCS(=O)(=O)C1)NCc1ccccc1. The van der Waals surface area contributed by atoms with E-state index < -0.39 is 15.8 Å². The number of ether oxygens (including phenoxy) is 1. The van der Waals surface area contributed by atoms with Crippen LogP contribution in [-0.4, -0.2) is 43.7 Å². The number of sulfone groups is 1. The van der Waals surface area contributed by atoms with Crippen molar-refractivity contribution in [3.8, 4) is 0 Å². The fourth-order valence-electron chi connectivity index (χ4n) is 2.83. The molecule has 1 saturated heterocycles. The second-order valence-corrected chi connectivity index (χ2v) is 10.0. The zero-order valence-electron chi connectivity index (χ0n) is 15.2. The van der Waals surface area contributed by atoms with Crippen LogP contribution in [0.2, 0.25) is 0 Å². The predicted octanol–water partition coefficient (Wildman–Crippen LogP) is 2.44. The Bertz CT molecular complexity index is 944. The maximum atomic E-state index is 12.4. The maximum Gasteiger partial charge on any atom is 0.339 e. The lowest BCUT2D eigenvalue weighted by atomic mass is 10.2. The first-order valence-electron chi connectivity index (χ1n) is 8.87. The van der Waals surface area contributed by atoms with Crippen molar-refractivity contribution in [3.05, 3.63) is 65.7 Å². The summed E-state index contributed by atoms with van der Waals surface area (Å²) in [6, 6.07) is 16.3. The van der Waals surface area contributed by atoms with Crippen molar-refractivity contribution >= 4 is 33.5 Å². The van der Waals surface area contributed by atoms with E-state index in [-0.39, 0.29) is 29.3 Å². The van der Waals surface area contributed by atoms with Crippen LogP contribution in [0.25, 0.3) is 0 Å². The normalized spacial score (nSPS) is 17.8. The minimum atomic E-state index is -2.99. The molecule has 1 aliphatic heterocycles. The number of carbonyl (C=O) groups is 2. The highest BCUT2D eigenvalue weighted by Crippen LogP contribution is 2.33. The first-order chi connectivity index (χ1) is 13.4. The van der Waals surface area contributed by atoms with Crippen LogP contribution in [0.15, 0.2) is 59.5 Å². The summed E-state index contributed by atoms with van der Waals surface area (Å²) in [7, 11) is -2.99. The van der Waals surface area contributed by atoms with Gasteiger partial charge in [-0.15, -0.1) is 11.8 Å². The van der Waals surface area contributed by atoms with Gasteiger partial charge in [-0.05, 0) is 24.1 Å². The summed E-state index contributed by atoms with van der Waals surface area (Å²) in [5.41, 5.74) is 1.29. The lowest BCUT2D eigenvalue weighted by Crippen LogP contribution is -2.28. The number of nitrogens with one attached hydrogen (secondary N) is 1. The molecular weight excluding hydrogens is 398 g/mol. The van der Waals surface area contributed by atoms with Crippen LogP contribution in [0, 0.1) is 0 Å². The number of esters is 1. The molecule has 6 nitrogen and oxygen atoms in total. The molecule has 0 radical (unpaired) electrons. The summed E-state index contributed by atoms with van der Waals surface area (Å²) in [6.45, 7) is -0.0116. The van der Waals surface area contributed by atoms with E-state index in [1.807, 2.05) is 30.3 Å². The second-order valence-electron chi connectivity index (χ2n) is 6.48. The third-order valence-electron chi connectivity index (χ3n) is 4.26. The van der Waals surface area contributed by atoms with Gasteiger partial charge < -0.3 is 10.1 Å². The van der Waals surface area contributed by atoms with E-state index in [9.17, 15) is 18.0 Å². The van der Waals surface area contributed by atoms with Gasteiger partial charge in [0.1, 0.15) is 0 Å². The minimum absolute atomic E-state index is 0.0758. The molecule has 148 valence electrons. The van der Waals surface area contributed by atoms with Crippen molar-refractivity contribution in [1.82, 2.24) is 5.32 Å². The van der Waals surface area contributed by atoms with E-state index in [1.54, 1.807) is 24.3 Å². The molecule has 28 heavy (non-hydrogen) atoms. The summed E-state index contributed by atoms with van der Waals surface area (Å²) in [4.78, 5) is 25.0. The van der Waals surface area contributed by atoms with E-state index in [0.717, 1.165) is 5.56 Å². The van der Waals surface area contributed by atoms with Gasteiger partial charge in [-0.2, -0.15) is 0 Å². The van der Waals surface area contributed by atoms with Crippen molar-refractivity contribution < 1.29 is 22.7 Å². The molecule has 1 aliphatic rings. The molecule has 1 atom stereocenters. The molecule has 0 spiro atoms. The summed E-state index contributed by atoms with van der Waals surface area (Å²) >= 11 is 1.37. The van der Waals surface area contributed by atoms with Gasteiger partial charge in [0.15, 0.2) is 16.4 Å². The Morgan fingerprint density at radius 2 is 1.79 bits per heavy atom. The monoisotopic (exact) mass is 419 g/mol. The molecule has 0 unspecified atom stereocenters. The van der Waals surface area contributed by atoms with Crippen LogP contribution in [0.5, 0.6) is 0 Å². The fraction of sp³-hybridized carbons (Fsp3) is 0.300. The molecule has 0 bridgehead atoms. The number of benzene rings is 2. The first kappa shape index (κ1) is 20.4. The highest BCUT2D eigenvalue weighted by atomic mass is 32.2. The first-order valence-corrected chi connectivity index (χ1v) is 11.6. The van der Waals surface area contributed by atoms with Crippen molar-refractivity contribution in [2.75, 3.05) is 18.1 Å². The highest BCUT2D eigenvalue weighted by Gasteiger charge is 2.29. The van der Waals surface area contributed by atoms with E-state index in [0.29, 0.717) is 23.4 Å². The van der Waals surface area contributed by atoms with E-state index >= 15 is 0 Å². The lowest BCUT2D eigenvalue weighted by molar-refractivity contribution is -0.124. The standard InChI is InChI=1S/C20H21NO5S2/c22-19(21-12-15-6-2-1-3-7-15)13-26-20(23)17-8-4-5-9-18(17)27-16-10-11-28(24,25)14-16/h1-9,16H,10-14H2,(H,21,22)/t16-/m0/s1. The Morgan fingerprint density at radius 1 is 1.07 bits per heavy atom. The third-order valence-corrected chi connectivity index (χ3v) is 7.58. The van der Waals surface area contributed by atoms with Crippen molar-refractivity contribution in [3.63, 3.8) is 0 Å². The number of carbonyl (C=O) groups excluding carboxylic acids is 2. The predicted molar refractivity (Wildman–Crippen MR) is 108 cm³/mol. The Labute approximate surface area is 168 Å². The van der Waals surface area contributed by atoms with Crippen LogP contribution in [0.1, 0.15) is 22.3 Å².